The van der Waals surface area contributed by atoms with Gasteiger partial charge in [0.05, 0.1) is 17.1 Å². The fourth-order valence-electron chi connectivity index (χ4n) is 3.81. The number of aromatic carboxylic acids is 1. The maximum absolute atomic E-state index is 13.1. The van der Waals surface area contributed by atoms with Crippen LogP contribution in [0.15, 0.2) is 48.5 Å². The van der Waals surface area contributed by atoms with Gasteiger partial charge in [-0.2, -0.15) is 0 Å². The standard InChI is InChI=1S/C23H27ClN2O4.ClH/c1-16(17-7-9-18(10-8-17)21(27)28)26-22(29)23(11-2-3-12-23)25-13-14-30-20-6-4-5-19(24)15-20;/h4-10,15-16,25H,2-3,11-14H2,1H3,(H,26,29)(H,27,28);1H/t16-;/m0./s1. The molecule has 0 heterocycles. The molecule has 1 amide bonds. The van der Waals surface area contributed by atoms with E-state index in [4.69, 9.17) is 21.4 Å². The van der Waals surface area contributed by atoms with E-state index in [9.17, 15) is 9.59 Å². The van der Waals surface area contributed by atoms with Gasteiger partial charge in [0.15, 0.2) is 0 Å². The third-order valence-electron chi connectivity index (χ3n) is 5.53. The second-order valence-electron chi connectivity index (χ2n) is 7.64. The van der Waals surface area contributed by atoms with Crippen LogP contribution in [0.5, 0.6) is 5.75 Å². The van der Waals surface area contributed by atoms with E-state index in [1.807, 2.05) is 19.1 Å². The third-order valence-corrected chi connectivity index (χ3v) is 5.76. The zero-order valence-electron chi connectivity index (χ0n) is 17.4. The Hall–Kier alpha value is -2.28. The van der Waals surface area contributed by atoms with Crippen molar-refractivity contribution < 1.29 is 19.4 Å². The molecule has 3 rings (SSSR count). The van der Waals surface area contributed by atoms with Gasteiger partial charge in [-0.15, -0.1) is 12.4 Å². The maximum Gasteiger partial charge on any atom is 0.335 e. The Kier molecular flexibility index (Phi) is 9.16. The van der Waals surface area contributed by atoms with Crippen LogP contribution in [0.1, 0.15) is 54.6 Å². The first-order valence-corrected chi connectivity index (χ1v) is 10.5. The van der Waals surface area contributed by atoms with Crippen LogP contribution in [0.25, 0.3) is 0 Å². The van der Waals surface area contributed by atoms with Gasteiger partial charge < -0.3 is 15.2 Å². The number of amides is 1. The highest BCUT2D eigenvalue weighted by molar-refractivity contribution is 6.30. The molecule has 0 saturated heterocycles. The van der Waals surface area contributed by atoms with Crippen LogP contribution in [0.4, 0.5) is 0 Å². The van der Waals surface area contributed by atoms with Crippen LogP contribution in [-0.4, -0.2) is 35.7 Å². The van der Waals surface area contributed by atoms with Crippen LogP contribution in [-0.2, 0) is 4.79 Å². The first kappa shape index (κ1) is 25.0. The summed E-state index contributed by atoms with van der Waals surface area (Å²) in [6, 6.07) is 13.6. The minimum Gasteiger partial charge on any atom is -0.492 e. The van der Waals surface area contributed by atoms with Gasteiger partial charge in [0.25, 0.3) is 0 Å². The Labute approximate surface area is 193 Å². The van der Waals surface area contributed by atoms with Gasteiger partial charge in [0.2, 0.25) is 5.91 Å². The smallest absolute Gasteiger partial charge is 0.335 e. The molecule has 6 nitrogen and oxygen atoms in total. The molecule has 0 aliphatic heterocycles. The molecular formula is C23H28Cl2N2O4. The normalized spacial score (nSPS) is 15.5. The van der Waals surface area contributed by atoms with E-state index >= 15 is 0 Å². The summed E-state index contributed by atoms with van der Waals surface area (Å²) in [4.78, 5) is 24.1. The summed E-state index contributed by atoms with van der Waals surface area (Å²) in [6.45, 7) is 2.88. The molecule has 1 saturated carbocycles. The highest BCUT2D eigenvalue weighted by Gasteiger charge is 2.41. The highest BCUT2D eigenvalue weighted by Crippen LogP contribution is 2.30. The molecule has 0 bridgehead atoms. The molecule has 0 spiro atoms. The van der Waals surface area contributed by atoms with E-state index in [2.05, 4.69) is 10.6 Å². The lowest BCUT2D eigenvalue weighted by atomic mass is 9.95. The van der Waals surface area contributed by atoms with Crippen LogP contribution < -0.4 is 15.4 Å². The average molecular weight is 467 g/mol. The second kappa shape index (κ2) is 11.4. The van der Waals surface area contributed by atoms with Crippen LogP contribution in [0, 0.1) is 0 Å². The van der Waals surface area contributed by atoms with E-state index in [1.54, 1.807) is 36.4 Å². The van der Waals surface area contributed by atoms with E-state index < -0.39 is 11.5 Å². The summed E-state index contributed by atoms with van der Waals surface area (Å²) in [5, 5.41) is 16.2. The Morgan fingerprint density at radius 3 is 2.45 bits per heavy atom. The van der Waals surface area contributed by atoms with Crippen molar-refractivity contribution in [3.05, 3.63) is 64.7 Å². The van der Waals surface area contributed by atoms with Gasteiger partial charge in [0, 0.05) is 11.6 Å². The molecule has 0 aromatic heterocycles. The van der Waals surface area contributed by atoms with E-state index in [-0.39, 0.29) is 29.9 Å². The highest BCUT2D eigenvalue weighted by atomic mass is 35.5. The van der Waals surface area contributed by atoms with Gasteiger partial charge in [0.1, 0.15) is 12.4 Å². The summed E-state index contributed by atoms with van der Waals surface area (Å²) in [7, 11) is 0. The number of nitrogens with one attached hydrogen (secondary N) is 2. The van der Waals surface area contributed by atoms with Gasteiger partial charge in [-0.25, -0.2) is 4.79 Å². The number of hydrogen-bond acceptors (Lipinski definition) is 4. The number of benzene rings is 2. The molecule has 2 aromatic carbocycles. The molecule has 0 radical (unpaired) electrons. The van der Waals surface area contributed by atoms with Gasteiger partial charge >= 0.3 is 5.97 Å². The molecular weight excluding hydrogens is 439 g/mol. The molecule has 1 fully saturated rings. The summed E-state index contributed by atoms with van der Waals surface area (Å²) in [5.74, 6) is -0.294. The number of carbonyl (C=O) groups excluding carboxylic acids is 1. The quantitative estimate of drug-likeness (QED) is 0.469. The van der Waals surface area contributed by atoms with Crippen molar-refractivity contribution >= 4 is 35.9 Å². The largest absolute Gasteiger partial charge is 0.492 e. The summed E-state index contributed by atoms with van der Waals surface area (Å²) in [6.07, 6.45) is 3.55. The molecule has 168 valence electrons. The van der Waals surface area contributed by atoms with Crippen molar-refractivity contribution in [2.24, 2.45) is 0 Å². The molecule has 3 N–H and O–H groups in total. The Morgan fingerprint density at radius 1 is 1.16 bits per heavy atom. The molecule has 8 heteroatoms. The summed E-state index contributed by atoms with van der Waals surface area (Å²) >= 11 is 5.97. The molecule has 2 aromatic rings. The summed E-state index contributed by atoms with van der Waals surface area (Å²) in [5.41, 5.74) is 0.490. The SMILES string of the molecule is C[C@H](NC(=O)C1(NCCOc2cccc(Cl)c2)CCCC1)c1ccc(C(=O)O)cc1.Cl. The molecule has 1 aliphatic rings. The number of carboxylic acids is 1. The lowest BCUT2D eigenvalue weighted by Gasteiger charge is -2.31. The molecule has 31 heavy (non-hydrogen) atoms. The fraction of sp³-hybridized carbons (Fsp3) is 0.391. The van der Waals surface area contributed by atoms with Gasteiger partial charge in [-0.1, -0.05) is 42.6 Å². The number of carboxylic acid groups (broad SMARTS) is 1. The van der Waals surface area contributed by atoms with Crippen molar-refractivity contribution in [3.8, 4) is 5.75 Å². The maximum atomic E-state index is 13.1. The van der Waals surface area contributed by atoms with Crippen LogP contribution in [0.3, 0.4) is 0 Å². The minimum atomic E-state index is -0.965. The predicted molar refractivity (Wildman–Crippen MR) is 123 cm³/mol. The Balaban J connectivity index is 0.00000341. The lowest BCUT2D eigenvalue weighted by molar-refractivity contribution is -0.128. The predicted octanol–water partition coefficient (Wildman–Crippen LogP) is 4.62. The van der Waals surface area contributed by atoms with Gasteiger partial charge in [-0.05, 0) is 55.7 Å². The van der Waals surface area contributed by atoms with E-state index in [0.717, 1.165) is 31.2 Å². The monoisotopic (exact) mass is 466 g/mol. The zero-order valence-corrected chi connectivity index (χ0v) is 19.0. The number of carbonyl (C=O) groups is 2. The first-order chi connectivity index (χ1) is 14.4. The molecule has 1 atom stereocenters. The molecule has 1 aliphatic carbocycles. The second-order valence-corrected chi connectivity index (χ2v) is 8.08. The number of rotatable bonds is 9. The van der Waals surface area contributed by atoms with Crippen molar-refractivity contribution in [1.82, 2.24) is 10.6 Å². The number of halogens is 2. The zero-order chi connectivity index (χ0) is 21.6. The van der Waals surface area contributed by atoms with E-state index in [1.165, 1.54) is 0 Å². The van der Waals surface area contributed by atoms with E-state index in [0.29, 0.717) is 23.9 Å². The van der Waals surface area contributed by atoms with Crippen LogP contribution >= 0.6 is 24.0 Å². The molecule has 0 unspecified atom stereocenters. The van der Waals surface area contributed by atoms with Crippen molar-refractivity contribution in [3.63, 3.8) is 0 Å². The van der Waals surface area contributed by atoms with Crippen molar-refractivity contribution in [2.45, 2.75) is 44.2 Å². The average Bonchev–Trinajstić information content (AvgIpc) is 3.21. The Bertz CT molecular complexity index is 883. The third kappa shape index (κ3) is 6.60. The fourth-order valence-corrected chi connectivity index (χ4v) is 3.99. The van der Waals surface area contributed by atoms with Crippen LogP contribution in [0.2, 0.25) is 5.02 Å². The first-order valence-electron chi connectivity index (χ1n) is 10.2. The topological polar surface area (TPSA) is 87.7 Å². The number of hydrogen-bond donors (Lipinski definition) is 3. The van der Waals surface area contributed by atoms with Gasteiger partial charge in [-0.3, -0.25) is 10.1 Å². The number of ether oxygens (including phenoxy) is 1. The lowest BCUT2D eigenvalue weighted by Crippen LogP contribution is -2.56. The minimum absolute atomic E-state index is 0. The van der Waals surface area contributed by atoms with Crippen molar-refractivity contribution in [1.29, 1.82) is 0 Å². The Morgan fingerprint density at radius 2 is 1.84 bits per heavy atom. The summed E-state index contributed by atoms with van der Waals surface area (Å²) < 4.78 is 5.73. The van der Waals surface area contributed by atoms with Crippen molar-refractivity contribution in [2.75, 3.05) is 13.2 Å².